The Morgan fingerprint density at radius 2 is 1.93 bits per heavy atom. The minimum Gasteiger partial charge on any atom is -0.422 e. The Morgan fingerprint density at radius 1 is 1.15 bits per heavy atom. The third-order valence-corrected chi connectivity index (χ3v) is 4.43. The van der Waals surface area contributed by atoms with Crippen LogP contribution in [0.25, 0.3) is 16.7 Å². The molecule has 1 N–H and O–H groups in total. The monoisotopic (exact) mass is 359 g/mol. The van der Waals surface area contributed by atoms with Crippen LogP contribution in [0.3, 0.4) is 0 Å². The van der Waals surface area contributed by atoms with Gasteiger partial charge in [0, 0.05) is 23.5 Å². The minimum absolute atomic E-state index is 0.00409. The lowest BCUT2D eigenvalue weighted by molar-refractivity contribution is 0.0936. The van der Waals surface area contributed by atoms with Crippen LogP contribution in [0.5, 0.6) is 0 Å². The summed E-state index contributed by atoms with van der Waals surface area (Å²) in [5, 5.41) is 3.56. The van der Waals surface area contributed by atoms with Crippen molar-refractivity contribution in [3.8, 4) is 5.69 Å². The number of para-hydroxylation sites is 1. The Morgan fingerprint density at radius 3 is 2.67 bits per heavy atom. The summed E-state index contributed by atoms with van der Waals surface area (Å²) in [6.45, 7) is 1.87. The predicted molar refractivity (Wildman–Crippen MR) is 102 cm³/mol. The number of carbonyl (C=O) groups is 1. The van der Waals surface area contributed by atoms with E-state index >= 15 is 0 Å². The average Bonchev–Trinajstić information content (AvgIpc) is 3.22. The van der Waals surface area contributed by atoms with Crippen molar-refractivity contribution in [3.63, 3.8) is 0 Å². The van der Waals surface area contributed by atoms with Crippen molar-refractivity contribution in [2.24, 2.45) is 0 Å². The maximum atomic E-state index is 12.6. The first-order valence-corrected chi connectivity index (χ1v) is 8.54. The second-order valence-corrected chi connectivity index (χ2v) is 6.24. The molecule has 0 fully saturated rings. The molecule has 134 valence electrons. The molecule has 6 heteroatoms. The van der Waals surface area contributed by atoms with E-state index in [4.69, 9.17) is 4.42 Å². The standard InChI is InChI=1S/C21H17N3O3/c1-14(15-6-8-17(9-7-15)24-11-10-22-13-24)23-20(25)18-12-16-4-2-3-5-19(16)27-21(18)26/h2-14H,1H3,(H,23,25). The topological polar surface area (TPSA) is 77.1 Å². The number of imidazole rings is 1. The number of carbonyl (C=O) groups excluding carboxylic acids is 1. The van der Waals surface area contributed by atoms with Crippen LogP contribution >= 0.6 is 0 Å². The Kier molecular flexibility index (Phi) is 4.30. The van der Waals surface area contributed by atoms with E-state index in [2.05, 4.69) is 10.3 Å². The zero-order chi connectivity index (χ0) is 18.8. The first kappa shape index (κ1) is 16.8. The molecule has 2 aromatic heterocycles. The van der Waals surface area contributed by atoms with E-state index < -0.39 is 11.5 Å². The molecule has 0 aliphatic heterocycles. The van der Waals surface area contributed by atoms with Gasteiger partial charge in [0.1, 0.15) is 11.1 Å². The van der Waals surface area contributed by atoms with Crippen LogP contribution in [-0.4, -0.2) is 15.5 Å². The fourth-order valence-corrected chi connectivity index (χ4v) is 2.92. The number of hydrogen-bond acceptors (Lipinski definition) is 4. The molecular formula is C21H17N3O3. The van der Waals surface area contributed by atoms with Crippen LogP contribution in [0.1, 0.15) is 28.9 Å². The lowest BCUT2D eigenvalue weighted by Crippen LogP contribution is -2.30. The number of amides is 1. The number of nitrogens with zero attached hydrogens (tertiary/aromatic N) is 2. The van der Waals surface area contributed by atoms with E-state index in [9.17, 15) is 9.59 Å². The highest BCUT2D eigenvalue weighted by atomic mass is 16.4. The number of aromatic nitrogens is 2. The molecule has 2 aromatic carbocycles. The zero-order valence-corrected chi connectivity index (χ0v) is 14.6. The van der Waals surface area contributed by atoms with Gasteiger partial charge in [-0.05, 0) is 36.8 Å². The van der Waals surface area contributed by atoms with Gasteiger partial charge in [0.2, 0.25) is 0 Å². The molecule has 6 nitrogen and oxygen atoms in total. The second-order valence-electron chi connectivity index (χ2n) is 6.24. The van der Waals surface area contributed by atoms with Gasteiger partial charge in [0.05, 0.1) is 12.4 Å². The highest BCUT2D eigenvalue weighted by Crippen LogP contribution is 2.17. The summed E-state index contributed by atoms with van der Waals surface area (Å²) in [6, 6.07) is 16.2. The normalized spacial score (nSPS) is 12.0. The molecule has 0 bridgehead atoms. The third kappa shape index (κ3) is 3.37. The van der Waals surface area contributed by atoms with Gasteiger partial charge in [-0.3, -0.25) is 4.79 Å². The van der Waals surface area contributed by atoms with Gasteiger partial charge in [-0.25, -0.2) is 9.78 Å². The van der Waals surface area contributed by atoms with E-state index in [1.807, 2.05) is 48.0 Å². The number of hydrogen-bond donors (Lipinski definition) is 1. The lowest BCUT2D eigenvalue weighted by Gasteiger charge is -2.15. The first-order chi connectivity index (χ1) is 13.1. The summed E-state index contributed by atoms with van der Waals surface area (Å²) >= 11 is 0. The van der Waals surface area contributed by atoms with E-state index in [1.54, 1.807) is 36.8 Å². The number of rotatable bonds is 4. The third-order valence-electron chi connectivity index (χ3n) is 4.43. The fraction of sp³-hybridized carbons (Fsp3) is 0.0952. The van der Waals surface area contributed by atoms with Gasteiger partial charge in [-0.2, -0.15) is 0 Å². The molecular weight excluding hydrogens is 342 g/mol. The van der Waals surface area contributed by atoms with Crippen molar-refractivity contribution in [2.45, 2.75) is 13.0 Å². The summed E-state index contributed by atoms with van der Waals surface area (Å²) in [7, 11) is 0. The summed E-state index contributed by atoms with van der Waals surface area (Å²) in [6.07, 6.45) is 5.30. The molecule has 1 atom stereocenters. The van der Waals surface area contributed by atoms with Gasteiger partial charge >= 0.3 is 5.63 Å². The molecule has 0 aliphatic carbocycles. The SMILES string of the molecule is CC(NC(=O)c1cc2ccccc2oc1=O)c1ccc(-n2ccnc2)cc1. The minimum atomic E-state index is -0.645. The van der Waals surface area contributed by atoms with E-state index in [0.717, 1.165) is 11.3 Å². The van der Waals surface area contributed by atoms with Gasteiger partial charge in [0.25, 0.3) is 5.91 Å². The highest BCUT2D eigenvalue weighted by molar-refractivity contribution is 5.96. The quantitative estimate of drug-likeness (QED) is 0.566. The molecule has 1 amide bonds. The maximum absolute atomic E-state index is 12.6. The van der Waals surface area contributed by atoms with Crippen molar-refractivity contribution in [1.29, 1.82) is 0 Å². The lowest BCUT2D eigenvalue weighted by atomic mass is 10.1. The van der Waals surface area contributed by atoms with Crippen LogP contribution in [0.2, 0.25) is 0 Å². The van der Waals surface area contributed by atoms with Crippen molar-refractivity contribution in [3.05, 3.63) is 94.9 Å². The molecule has 2 heterocycles. The molecule has 0 radical (unpaired) electrons. The van der Waals surface area contributed by atoms with Crippen LogP contribution < -0.4 is 10.9 Å². The maximum Gasteiger partial charge on any atom is 0.349 e. The largest absolute Gasteiger partial charge is 0.422 e. The number of nitrogens with one attached hydrogen (secondary N) is 1. The van der Waals surface area contributed by atoms with E-state index in [0.29, 0.717) is 11.0 Å². The van der Waals surface area contributed by atoms with E-state index in [1.165, 1.54) is 0 Å². The van der Waals surface area contributed by atoms with Crippen molar-refractivity contribution >= 4 is 16.9 Å². The Bertz CT molecular complexity index is 1150. The summed E-state index contributed by atoms with van der Waals surface area (Å²) in [5.41, 5.74) is 1.72. The molecule has 0 saturated heterocycles. The molecule has 27 heavy (non-hydrogen) atoms. The fourth-order valence-electron chi connectivity index (χ4n) is 2.92. The summed E-state index contributed by atoms with van der Waals surface area (Å²) in [4.78, 5) is 28.7. The summed E-state index contributed by atoms with van der Waals surface area (Å²) in [5.74, 6) is -0.458. The average molecular weight is 359 g/mol. The Balaban J connectivity index is 1.54. The second kappa shape index (κ2) is 6.92. The predicted octanol–water partition coefficient (Wildman–Crippen LogP) is 3.47. The van der Waals surface area contributed by atoms with Gasteiger partial charge in [0.15, 0.2) is 0 Å². The van der Waals surface area contributed by atoms with Crippen molar-refractivity contribution in [1.82, 2.24) is 14.9 Å². The molecule has 4 rings (SSSR count). The molecule has 0 aliphatic rings. The highest BCUT2D eigenvalue weighted by Gasteiger charge is 2.16. The summed E-state index contributed by atoms with van der Waals surface area (Å²) < 4.78 is 7.13. The molecule has 0 saturated carbocycles. The number of fused-ring (bicyclic) bond motifs is 1. The Hall–Kier alpha value is -3.67. The zero-order valence-electron chi connectivity index (χ0n) is 14.6. The van der Waals surface area contributed by atoms with Crippen molar-refractivity contribution < 1.29 is 9.21 Å². The smallest absolute Gasteiger partial charge is 0.349 e. The van der Waals surface area contributed by atoms with Crippen LogP contribution in [0, 0.1) is 0 Å². The van der Waals surface area contributed by atoms with Crippen LogP contribution in [-0.2, 0) is 0 Å². The van der Waals surface area contributed by atoms with Crippen molar-refractivity contribution in [2.75, 3.05) is 0 Å². The van der Waals surface area contributed by atoms with Gasteiger partial charge < -0.3 is 14.3 Å². The first-order valence-electron chi connectivity index (χ1n) is 8.54. The molecule has 4 aromatic rings. The van der Waals surface area contributed by atoms with Gasteiger partial charge in [-0.1, -0.05) is 30.3 Å². The van der Waals surface area contributed by atoms with Crippen LogP contribution in [0.4, 0.5) is 0 Å². The van der Waals surface area contributed by atoms with Crippen LogP contribution in [0.15, 0.2) is 82.5 Å². The molecule has 0 spiro atoms. The number of benzene rings is 2. The van der Waals surface area contributed by atoms with Gasteiger partial charge in [-0.15, -0.1) is 0 Å². The van der Waals surface area contributed by atoms with E-state index in [-0.39, 0.29) is 11.6 Å². The molecule has 1 unspecified atom stereocenters. The Labute approximate surface area is 155 Å².